The summed E-state index contributed by atoms with van der Waals surface area (Å²) < 4.78 is 13.2. The van der Waals surface area contributed by atoms with Crippen LogP contribution in [-0.4, -0.2) is 32.1 Å². The number of nitrogens with one attached hydrogen (secondary N) is 1. The summed E-state index contributed by atoms with van der Waals surface area (Å²) in [6, 6.07) is 4.54. The van der Waals surface area contributed by atoms with E-state index >= 15 is 0 Å². The van der Waals surface area contributed by atoms with Crippen LogP contribution in [0, 0.1) is 5.82 Å². The fourth-order valence-corrected chi connectivity index (χ4v) is 2.36. The lowest BCUT2D eigenvalue weighted by Gasteiger charge is -2.21. The Kier molecular flexibility index (Phi) is 3.81. The fraction of sp³-hybridized carbons (Fsp3) is 0.462. The van der Waals surface area contributed by atoms with E-state index in [-0.39, 0.29) is 17.8 Å². The van der Waals surface area contributed by atoms with Gasteiger partial charge < -0.3 is 16.0 Å². The summed E-state index contributed by atoms with van der Waals surface area (Å²) in [7, 11) is 1.72. The Morgan fingerprint density at radius 1 is 1.61 bits per heavy atom. The quantitative estimate of drug-likeness (QED) is 0.808. The van der Waals surface area contributed by atoms with Gasteiger partial charge in [-0.3, -0.25) is 4.79 Å². The molecule has 0 saturated heterocycles. The molecule has 1 atom stereocenters. The Morgan fingerprint density at radius 3 is 3.06 bits per heavy atom. The number of nitrogens with two attached hydrogens (primary N) is 1. The molecule has 1 aromatic rings. The molecule has 3 N–H and O–H groups in total. The first-order valence-electron chi connectivity index (χ1n) is 6.12. The SMILES string of the molecule is CNC(CCN1CCc2ccc(F)cc21)C(N)=O. The van der Waals surface area contributed by atoms with Crippen LogP contribution in [0.5, 0.6) is 0 Å². The minimum atomic E-state index is -0.351. The second-order valence-electron chi connectivity index (χ2n) is 4.54. The number of hydrogen-bond donors (Lipinski definition) is 2. The number of anilines is 1. The van der Waals surface area contributed by atoms with Crippen molar-refractivity contribution in [2.45, 2.75) is 18.9 Å². The zero-order valence-electron chi connectivity index (χ0n) is 10.4. The fourth-order valence-electron chi connectivity index (χ4n) is 2.36. The van der Waals surface area contributed by atoms with Crippen LogP contribution >= 0.6 is 0 Å². The molecule has 0 spiro atoms. The third-order valence-corrected chi connectivity index (χ3v) is 3.42. The number of nitrogens with zero attached hydrogens (tertiary/aromatic N) is 1. The number of amides is 1. The van der Waals surface area contributed by atoms with Crippen LogP contribution in [0.25, 0.3) is 0 Å². The van der Waals surface area contributed by atoms with Crippen molar-refractivity contribution in [3.8, 4) is 0 Å². The van der Waals surface area contributed by atoms with Crippen molar-refractivity contribution in [2.75, 3.05) is 25.0 Å². The van der Waals surface area contributed by atoms with Gasteiger partial charge >= 0.3 is 0 Å². The van der Waals surface area contributed by atoms with Crippen LogP contribution in [0.3, 0.4) is 0 Å². The largest absolute Gasteiger partial charge is 0.371 e. The predicted octanol–water partition coefficient (Wildman–Crippen LogP) is 0.652. The molecule has 4 nitrogen and oxygen atoms in total. The average Bonchev–Trinajstić information content (AvgIpc) is 2.72. The number of benzene rings is 1. The van der Waals surface area contributed by atoms with Gasteiger partial charge in [-0.25, -0.2) is 4.39 Å². The molecular formula is C13H18FN3O. The zero-order chi connectivity index (χ0) is 13.1. The number of likely N-dealkylation sites (N-methyl/N-ethyl adjacent to an activating group) is 1. The number of rotatable bonds is 5. The molecular weight excluding hydrogens is 233 g/mol. The normalized spacial score (nSPS) is 15.6. The van der Waals surface area contributed by atoms with Crippen molar-refractivity contribution in [3.05, 3.63) is 29.6 Å². The van der Waals surface area contributed by atoms with E-state index in [1.165, 1.54) is 6.07 Å². The van der Waals surface area contributed by atoms with E-state index in [0.29, 0.717) is 13.0 Å². The molecule has 5 heteroatoms. The lowest BCUT2D eigenvalue weighted by Crippen LogP contribution is -2.41. The highest BCUT2D eigenvalue weighted by molar-refractivity contribution is 5.79. The predicted molar refractivity (Wildman–Crippen MR) is 69.0 cm³/mol. The molecule has 0 radical (unpaired) electrons. The Hall–Kier alpha value is -1.62. The van der Waals surface area contributed by atoms with Crippen molar-refractivity contribution in [1.82, 2.24) is 5.32 Å². The molecule has 0 aliphatic carbocycles. The topological polar surface area (TPSA) is 58.4 Å². The molecule has 0 fully saturated rings. The van der Waals surface area contributed by atoms with Gasteiger partial charge in [0.05, 0.1) is 6.04 Å². The minimum absolute atomic E-state index is 0.222. The lowest BCUT2D eigenvalue weighted by atomic mass is 10.1. The first-order valence-corrected chi connectivity index (χ1v) is 6.12. The van der Waals surface area contributed by atoms with Crippen LogP contribution in [0.4, 0.5) is 10.1 Å². The third-order valence-electron chi connectivity index (χ3n) is 3.42. The molecule has 1 aliphatic rings. The monoisotopic (exact) mass is 251 g/mol. The summed E-state index contributed by atoms with van der Waals surface area (Å²) in [5, 5.41) is 2.89. The third kappa shape index (κ3) is 2.61. The van der Waals surface area contributed by atoms with Gasteiger partial charge in [0.15, 0.2) is 0 Å². The Bertz CT molecular complexity index is 450. The molecule has 1 heterocycles. The molecule has 98 valence electrons. The van der Waals surface area contributed by atoms with E-state index in [1.54, 1.807) is 13.1 Å². The number of carbonyl (C=O) groups is 1. The van der Waals surface area contributed by atoms with Gasteiger partial charge in [0.25, 0.3) is 0 Å². The second-order valence-corrected chi connectivity index (χ2v) is 4.54. The number of halogens is 1. The van der Waals surface area contributed by atoms with E-state index < -0.39 is 0 Å². The van der Waals surface area contributed by atoms with Crippen molar-refractivity contribution >= 4 is 11.6 Å². The number of carbonyl (C=O) groups excluding carboxylic acids is 1. The Morgan fingerprint density at radius 2 is 2.39 bits per heavy atom. The molecule has 2 rings (SSSR count). The zero-order valence-corrected chi connectivity index (χ0v) is 10.4. The van der Waals surface area contributed by atoms with Gasteiger partial charge in [-0.15, -0.1) is 0 Å². The van der Waals surface area contributed by atoms with Crippen molar-refractivity contribution < 1.29 is 9.18 Å². The van der Waals surface area contributed by atoms with Gasteiger partial charge in [-0.2, -0.15) is 0 Å². The summed E-state index contributed by atoms with van der Waals surface area (Å²) in [4.78, 5) is 13.2. The average molecular weight is 251 g/mol. The van der Waals surface area contributed by atoms with Crippen molar-refractivity contribution in [3.63, 3.8) is 0 Å². The summed E-state index contributed by atoms with van der Waals surface area (Å²) in [6.45, 7) is 1.57. The molecule has 1 aromatic carbocycles. The maximum atomic E-state index is 13.2. The molecule has 0 saturated carbocycles. The van der Waals surface area contributed by atoms with Crippen molar-refractivity contribution in [1.29, 1.82) is 0 Å². The van der Waals surface area contributed by atoms with Gasteiger partial charge in [-0.1, -0.05) is 6.07 Å². The van der Waals surface area contributed by atoms with Crippen LogP contribution in [0.1, 0.15) is 12.0 Å². The molecule has 1 aliphatic heterocycles. The molecule has 18 heavy (non-hydrogen) atoms. The van der Waals surface area contributed by atoms with Crippen LogP contribution in [0.15, 0.2) is 18.2 Å². The van der Waals surface area contributed by atoms with Gasteiger partial charge in [0, 0.05) is 18.8 Å². The van der Waals surface area contributed by atoms with E-state index in [1.807, 2.05) is 6.07 Å². The second kappa shape index (κ2) is 5.35. The summed E-state index contributed by atoms with van der Waals surface area (Å²) in [5.41, 5.74) is 7.37. The molecule has 1 amide bonds. The number of primary amides is 1. The first-order chi connectivity index (χ1) is 8.61. The van der Waals surface area contributed by atoms with E-state index in [9.17, 15) is 9.18 Å². The summed E-state index contributed by atoms with van der Waals surface area (Å²) in [5.74, 6) is -0.572. The van der Waals surface area contributed by atoms with Gasteiger partial charge in [0.2, 0.25) is 5.91 Å². The van der Waals surface area contributed by atoms with Crippen LogP contribution in [0.2, 0.25) is 0 Å². The smallest absolute Gasteiger partial charge is 0.234 e. The Labute approximate surface area is 106 Å². The minimum Gasteiger partial charge on any atom is -0.371 e. The maximum Gasteiger partial charge on any atom is 0.234 e. The summed E-state index contributed by atoms with van der Waals surface area (Å²) in [6.07, 6.45) is 1.55. The van der Waals surface area contributed by atoms with Crippen LogP contribution in [-0.2, 0) is 11.2 Å². The highest BCUT2D eigenvalue weighted by Crippen LogP contribution is 2.28. The molecule has 0 aromatic heterocycles. The van der Waals surface area contributed by atoms with E-state index in [0.717, 1.165) is 24.2 Å². The Balaban J connectivity index is 2.01. The van der Waals surface area contributed by atoms with Crippen LogP contribution < -0.4 is 16.0 Å². The molecule has 1 unspecified atom stereocenters. The maximum absolute atomic E-state index is 13.2. The summed E-state index contributed by atoms with van der Waals surface area (Å²) >= 11 is 0. The van der Waals surface area contributed by atoms with Crippen molar-refractivity contribution in [2.24, 2.45) is 5.73 Å². The highest BCUT2D eigenvalue weighted by atomic mass is 19.1. The standard InChI is InChI=1S/C13H18FN3O/c1-16-11(13(15)18)5-7-17-6-4-9-2-3-10(14)8-12(9)17/h2-3,8,11,16H,4-7H2,1H3,(H2,15,18). The highest BCUT2D eigenvalue weighted by Gasteiger charge is 2.21. The molecule has 0 bridgehead atoms. The number of fused-ring (bicyclic) bond motifs is 1. The number of hydrogen-bond acceptors (Lipinski definition) is 3. The lowest BCUT2D eigenvalue weighted by molar-refractivity contribution is -0.120. The van der Waals surface area contributed by atoms with Gasteiger partial charge in [-0.05, 0) is 37.6 Å². The van der Waals surface area contributed by atoms with E-state index in [2.05, 4.69) is 10.2 Å². The van der Waals surface area contributed by atoms with Gasteiger partial charge in [0.1, 0.15) is 5.82 Å². The first kappa shape index (κ1) is 12.8. The van der Waals surface area contributed by atoms with E-state index in [4.69, 9.17) is 5.73 Å².